The van der Waals surface area contributed by atoms with Crippen molar-refractivity contribution in [3.05, 3.63) is 29.1 Å². The Morgan fingerprint density at radius 2 is 2.18 bits per heavy atom. The largest absolute Gasteiger partial charge is 0.347 e. The summed E-state index contributed by atoms with van der Waals surface area (Å²) in [4.78, 5) is 4.14. The molecule has 2 aromatic heterocycles. The molecule has 0 radical (unpaired) electrons. The Labute approximate surface area is 106 Å². The maximum absolute atomic E-state index is 12.8. The number of aromatic nitrogens is 2. The monoisotopic (exact) mass is 300 g/mol. The van der Waals surface area contributed by atoms with Crippen LogP contribution in [-0.4, -0.2) is 15.5 Å². The first-order valence-electron chi connectivity index (χ1n) is 5.52. The average Bonchev–Trinajstić information content (AvgIpc) is 2.61. The van der Waals surface area contributed by atoms with E-state index < -0.39 is 5.92 Å². The van der Waals surface area contributed by atoms with Gasteiger partial charge in [-0.05, 0) is 34.0 Å². The SMILES string of the molecule is FC1(F)CC(Cn2ccc3c(Br)nccc32)C1. The van der Waals surface area contributed by atoms with E-state index in [4.69, 9.17) is 0 Å². The molecule has 0 aromatic carbocycles. The van der Waals surface area contributed by atoms with Crippen LogP contribution in [0.25, 0.3) is 10.9 Å². The molecule has 17 heavy (non-hydrogen) atoms. The Balaban J connectivity index is 1.85. The van der Waals surface area contributed by atoms with Gasteiger partial charge in [0.15, 0.2) is 0 Å². The fourth-order valence-corrected chi connectivity index (χ4v) is 2.89. The fourth-order valence-electron chi connectivity index (χ4n) is 2.44. The summed E-state index contributed by atoms with van der Waals surface area (Å²) >= 11 is 3.38. The van der Waals surface area contributed by atoms with Crippen molar-refractivity contribution in [1.29, 1.82) is 0 Å². The molecule has 0 unspecified atom stereocenters. The van der Waals surface area contributed by atoms with E-state index in [0.29, 0.717) is 6.54 Å². The quantitative estimate of drug-likeness (QED) is 0.771. The molecule has 0 aliphatic heterocycles. The van der Waals surface area contributed by atoms with Crippen LogP contribution in [0.4, 0.5) is 8.78 Å². The molecule has 2 nitrogen and oxygen atoms in total. The molecule has 2 aromatic rings. The fraction of sp³-hybridized carbons (Fsp3) is 0.417. The molecule has 0 N–H and O–H groups in total. The van der Waals surface area contributed by atoms with Crippen LogP contribution in [0, 0.1) is 5.92 Å². The van der Waals surface area contributed by atoms with Gasteiger partial charge in [-0.25, -0.2) is 13.8 Å². The summed E-state index contributed by atoms with van der Waals surface area (Å²) < 4.78 is 28.4. The second kappa shape index (κ2) is 3.77. The van der Waals surface area contributed by atoms with Crippen molar-refractivity contribution >= 4 is 26.8 Å². The Hall–Kier alpha value is -0.970. The third kappa shape index (κ3) is 1.97. The summed E-state index contributed by atoms with van der Waals surface area (Å²) in [7, 11) is 0. The number of pyridine rings is 1. The molecule has 0 atom stereocenters. The normalized spacial score (nSPS) is 19.5. The molecule has 1 aliphatic carbocycles. The van der Waals surface area contributed by atoms with Gasteiger partial charge in [-0.2, -0.15) is 0 Å². The van der Waals surface area contributed by atoms with Crippen LogP contribution >= 0.6 is 15.9 Å². The Morgan fingerprint density at radius 3 is 2.88 bits per heavy atom. The van der Waals surface area contributed by atoms with Gasteiger partial charge in [0.25, 0.3) is 0 Å². The third-order valence-corrected chi connectivity index (χ3v) is 3.91. The molecule has 5 heteroatoms. The van der Waals surface area contributed by atoms with E-state index in [0.717, 1.165) is 15.5 Å². The predicted molar refractivity (Wildman–Crippen MR) is 65.1 cm³/mol. The first-order valence-corrected chi connectivity index (χ1v) is 6.32. The Bertz CT molecular complexity index is 557. The van der Waals surface area contributed by atoms with Crippen molar-refractivity contribution < 1.29 is 8.78 Å². The summed E-state index contributed by atoms with van der Waals surface area (Å²) in [5, 5.41) is 1.03. The van der Waals surface area contributed by atoms with Gasteiger partial charge in [0.1, 0.15) is 4.60 Å². The molecule has 0 bridgehead atoms. The van der Waals surface area contributed by atoms with Gasteiger partial charge in [0, 0.05) is 37.2 Å². The minimum atomic E-state index is -2.43. The van der Waals surface area contributed by atoms with E-state index in [1.54, 1.807) is 6.20 Å². The number of halogens is 3. The number of alkyl halides is 2. The number of hydrogen-bond acceptors (Lipinski definition) is 1. The zero-order valence-electron chi connectivity index (χ0n) is 9.04. The Kier molecular flexibility index (Phi) is 2.47. The van der Waals surface area contributed by atoms with E-state index in [-0.39, 0.29) is 18.8 Å². The van der Waals surface area contributed by atoms with Crippen molar-refractivity contribution in [2.45, 2.75) is 25.3 Å². The van der Waals surface area contributed by atoms with Crippen LogP contribution in [0.3, 0.4) is 0 Å². The molecule has 1 fully saturated rings. The number of rotatable bonds is 2. The standard InChI is InChI=1S/C12H11BrF2N2/c13-11-9-2-4-17(10(9)1-3-16-11)7-8-5-12(14,15)6-8/h1-4,8H,5-7H2. The highest BCUT2D eigenvalue weighted by molar-refractivity contribution is 9.10. The topological polar surface area (TPSA) is 17.8 Å². The number of nitrogens with zero attached hydrogens (tertiary/aromatic N) is 2. The van der Waals surface area contributed by atoms with Crippen molar-refractivity contribution in [3.63, 3.8) is 0 Å². The highest BCUT2D eigenvalue weighted by atomic mass is 79.9. The van der Waals surface area contributed by atoms with Gasteiger partial charge in [0.2, 0.25) is 5.92 Å². The van der Waals surface area contributed by atoms with E-state index in [1.807, 2.05) is 22.9 Å². The predicted octanol–water partition coefficient (Wildman–Crippen LogP) is 3.84. The average molecular weight is 301 g/mol. The number of hydrogen-bond donors (Lipinski definition) is 0. The lowest BCUT2D eigenvalue weighted by atomic mass is 9.81. The van der Waals surface area contributed by atoms with Crippen LogP contribution < -0.4 is 0 Å². The zero-order chi connectivity index (χ0) is 12.0. The molecule has 90 valence electrons. The molecule has 0 saturated heterocycles. The molecule has 0 amide bonds. The van der Waals surface area contributed by atoms with E-state index in [2.05, 4.69) is 20.9 Å². The molecule has 0 spiro atoms. The van der Waals surface area contributed by atoms with E-state index in [9.17, 15) is 8.78 Å². The highest BCUT2D eigenvalue weighted by Gasteiger charge is 2.45. The van der Waals surface area contributed by atoms with Crippen LogP contribution in [0.15, 0.2) is 29.1 Å². The van der Waals surface area contributed by atoms with Gasteiger partial charge < -0.3 is 4.57 Å². The smallest absolute Gasteiger partial charge is 0.248 e. The van der Waals surface area contributed by atoms with Crippen molar-refractivity contribution in [1.82, 2.24) is 9.55 Å². The van der Waals surface area contributed by atoms with Crippen molar-refractivity contribution in [2.24, 2.45) is 5.92 Å². The molecule has 1 aliphatic rings. The maximum atomic E-state index is 12.8. The van der Waals surface area contributed by atoms with E-state index in [1.165, 1.54) is 0 Å². The second-order valence-electron chi connectivity index (χ2n) is 4.63. The molecular weight excluding hydrogens is 290 g/mol. The lowest BCUT2D eigenvalue weighted by Gasteiger charge is -2.35. The Morgan fingerprint density at radius 1 is 1.41 bits per heavy atom. The lowest BCUT2D eigenvalue weighted by molar-refractivity contribution is -0.113. The zero-order valence-corrected chi connectivity index (χ0v) is 10.6. The maximum Gasteiger partial charge on any atom is 0.248 e. The molecule has 2 heterocycles. The third-order valence-electron chi connectivity index (χ3n) is 3.28. The summed E-state index contributed by atoms with van der Waals surface area (Å²) in [6.45, 7) is 0.662. The van der Waals surface area contributed by atoms with Gasteiger partial charge in [0.05, 0.1) is 5.52 Å². The van der Waals surface area contributed by atoms with Crippen LogP contribution in [0.2, 0.25) is 0 Å². The summed E-state index contributed by atoms with van der Waals surface area (Å²) in [5.41, 5.74) is 1.04. The van der Waals surface area contributed by atoms with Gasteiger partial charge in [-0.3, -0.25) is 0 Å². The minimum Gasteiger partial charge on any atom is -0.347 e. The summed E-state index contributed by atoms with van der Waals surface area (Å²) in [5.74, 6) is -2.34. The van der Waals surface area contributed by atoms with E-state index >= 15 is 0 Å². The van der Waals surface area contributed by atoms with Gasteiger partial charge >= 0.3 is 0 Å². The second-order valence-corrected chi connectivity index (χ2v) is 5.38. The van der Waals surface area contributed by atoms with Crippen molar-refractivity contribution in [3.8, 4) is 0 Å². The molecular formula is C12H11BrF2N2. The van der Waals surface area contributed by atoms with Gasteiger partial charge in [-0.1, -0.05) is 0 Å². The van der Waals surface area contributed by atoms with Crippen LogP contribution in [0.1, 0.15) is 12.8 Å². The molecule has 3 rings (SSSR count). The minimum absolute atomic E-state index is 0.0128. The summed E-state index contributed by atoms with van der Waals surface area (Å²) in [6.07, 6.45) is 3.68. The van der Waals surface area contributed by atoms with Crippen LogP contribution in [-0.2, 0) is 6.54 Å². The highest BCUT2D eigenvalue weighted by Crippen LogP contribution is 2.43. The van der Waals surface area contributed by atoms with Crippen LogP contribution in [0.5, 0.6) is 0 Å². The van der Waals surface area contributed by atoms with Gasteiger partial charge in [-0.15, -0.1) is 0 Å². The first kappa shape index (κ1) is 11.1. The number of fused-ring (bicyclic) bond motifs is 1. The first-order chi connectivity index (χ1) is 8.05. The van der Waals surface area contributed by atoms with Crippen molar-refractivity contribution in [2.75, 3.05) is 0 Å². The summed E-state index contributed by atoms with van der Waals surface area (Å²) in [6, 6.07) is 3.88. The molecule has 1 saturated carbocycles. The lowest BCUT2D eigenvalue weighted by Crippen LogP contribution is -2.37.